The van der Waals surface area contributed by atoms with Crippen LogP contribution in [0, 0.1) is 0 Å². The molecule has 158 valence electrons. The van der Waals surface area contributed by atoms with Crippen LogP contribution in [-0.2, 0) is 10.0 Å². The van der Waals surface area contributed by atoms with Crippen LogP contribution in [-0.4, -0.2) is 37.4 Å². The lowest BCUT2D eigenvalue weighted by Crippen LogP contribution is -2.20. The van der Waals surface area contributed by atoms with E-state index in [9.17, 15) is 22.0 Å². The summed E-state index contributed by atoms with van der Waals surface area (Å²) >= 11 is 0. The maximum Gasteiger partial charge on any atom is 0.355 e. The third-order valence-electron chi connectivity index (χ3n) is 4.01. The maximum absolute atomic E-state index is 12.5. The number of H-pyrrole nitrogens is 1. The van der Waals surface area contributed by atoms with Crippen molar-refractivity contribution in [1.82, 2.24) is 10.2 Å². The van der Waals surface area contributed by atoms with E-state index in [0.717, 1.165) is 0 Å². The van der Waals surface area contributed by atoms with Gasteiger partial charge in [0.25, 0.3) is 15.9 Å². The number of anilines is 3. The quantitative estimate of drug-likeness (QED) is 0.427. The number of benzene rings is 2. The van der Waals surface area contributed by atoms with E-state index in [-0.39, 0.29) is 22.8 Å². The lowest BCUT2D eigenvalue weighted by molar-refractivity contribution is 0.100. The van der Waals surface area contributed by atoms with E-state index >= 15 is 0 Å². The van der Waals surface area contributed by atoms with Gasteiger partial charge in [0.2, 0.25) is 0 Å². The SMILES string of the molecule is COc1cccc(Nc2n[nH]c(-c3ccc(NS(=O)(=O)C(F)F)cc3)c2C(N)=O)c1. The largest absolute Gasteiger partial charge is 0.497 e. The number of aromatic nitrogens is 2. The minimum atomic E-state index is -4.78. The fourth-order valence-electron chi connectivity index (χ4n) is 2.63. The molecule has 0 fully saturated rings. The highest BCUT2D eigenvalue weighted by Gasteiger charge is 2.24. The molecule has 0 bridgehead atoms. The second-order valence-corrected chi connectivity index (χ2v) is 7.68. The molecule has 0 saturated heterocycles. The number of hydrogen-bond donors (Lipinski definition) is 4. The molecule has 30 heavy (non-hydrogen) atoms. The Bertz CT molecular complexity index is 1160. The van der Waals surface area contributed by atoms with Gasteiger partial charge < -0.3 is 15.8 Å². The van der Waals surface area contributed by atoms with Gasteiger partial charge in [-0.15, -0.1) is 0 Å². The summed E-state index contributed by atoms with van der Waals surface area (Å²) in [7, 11) is -3.26. The van der Waals surface area contributed by atoms with Gasteiger partial charge in [-0.1, -0.05) is 18.2 Å². The molecule has 2 aromatic carbocycles. The molecule has 5 N–H and O–H groups in total. The van der Waals surface area contributed by atoms with Crippen molar-refractivity contribution in [2.24, 2.45) is 5.73 Å². The molecule has 0 spiro atoms. The number of nitrogens with zero attached hydrogens (tertiary/aromatic N) is 1. The van der Waals surface area contributed by atoms with E-state index in [1.54, 1.807) is 29.0 Å². The Morgan fingerprint density at radius 1 is 1.17 bits per heavy atom. The smallest absolute Gasteiger partial charge is 0.355 e. The standard InChI is InChI=1S/C18H17F2N5O4S/c1-29-13-4-2-3-12(9-13)22-17-14(16(21)26)15(23-24-17)10-5-7-11(8-6-10)25-30(27,28)18(19)20/h2-9,18,25H,1H3,(H2,21,26)(H2,22,23,24). The van der Waals surface area contributed by atoms with Gasteiger partial charge in [-0.25, -0.2) is 8.42 Å². The topological polar surface area (TPSA) is 139 Å². The number of carbonyl (C=O) groups is 1. The lowest BCUT2D eigenvalue weighted by Gasteiger charge is -2.09. The molecule has 0 aliphatic rings. The van der Waals surface area contributed by atoms with Gasteiger partial charge in [0.05, 0.1) is 12.8 Å². The molecule has 0 radical (unpaired) electrons. The summed E-state index contributed by atoms with van der Waals surface area (Å²) in [4.78, 5) is 12.0. The fourth-order valence-corrected chi connectivity index (χ4v) is 3.19. The molecule has 0 unspecified atom stereocenters. The number of nitrogens with one attached hydrogen (secondary N) is 3. The summed E-state index contributed by atoms with van der Waals surface area (Å²) in [5.41, 5.74) is 6.84. The Kier molecular flexibility index (Phi) is 5.87. The molecular weight excluding hydrogens is 420 g/mol. The number of aromatic amines is 1. The first-order valence-corrected chi connectivity index (χ1v) is 9.95. The van der Waals surface area contributed by atoms with Gasteiger partial charge in [0.15, 0.2) is 5.82 Å². The fraction of sp³-hybridized carbons (Fsp3) is 0.111. The Morgan fingerprint density at radius 2 is 1.87 bits per heavy atom. The second-order valence-electron chi connectivity index (χ2n) is 6.03. The number of halogens is 2. The van der Waals surface area contributed by atoms with Crippen LogP contribution in [0.2, 0.25) is 0 Å². The van der Waals surface area contributed by atoms with E-state index in [4.69, 9.17) is 10.5 Å². The zero-order chi connectivity index (χ0) is 21.9. The molecular formula is C18H17F2N5O4S. The third kappa shape index (κ3) is 4.49. The van der Waals surface area contributed by atoms with E-state index in [2.05, 4.69) is 15.5 Å². The van der Waals surface area contributed by atoms with Crippen LogP contribution in [0.1, 0.15) is 10.4 Å². The highest BCUT2D eigenvalue weighted by atomic mass is 32.2. The summed E-state index contributed by atoms with van der Waals surface area (Å²) < 4.78 is 54.4. The summed E-state index contributed by atoms with van der Waals surface area (Å²) in [5, 5.41) is 9.76. The number of carbonyl (C=O) groups excluding carboxylic acids is 1. The number of ether oxygens (including phenoxy) is 1. The number of sulfonamides is 1. The average molecular weight is 437 g/mol. The van der Waals surface area contributed by atoms with E-state index in [0.29, 0.717) is 17.0 Å². The zero-order valence-electron chi connectivity index (χ0n) is 15.5. The summed E-state index contributed by atoms with van der Waals surface area (Å²) in [5.74, 6) is -3.55. The molecule has 0 saturated carbocycles. The molecule has 0 aliphatic carbocycles. The van der Waals surface area contributed by atoms with Crippen molar-refractivity contribution in [3.8, 4) is 17.0 Å². The molecule has 1 amide bonds. The average Bonchev–Trinajstić information content (AvgIpc) is 3.12. The van der Waals surface area contributed by atoms with Crippen LogP contribution in [0.3, 0.4) is 0 Å². The number of nitrogens with two attached hydrogens (primary N) is 1. The van der Waals surface area contributed by atoms with Crippen molar-refractivity contribution in [1.29, 1.82) is 0 Å². The molecule has 9 nitrogen and oxygen atoms in total. The van der Waals surface area contributed by atoms with Crippen molar-refractivity contribution in [3.63, 3.8) is 0 Å². The Labute approximate surface area is 170 Å². The monoisotopic (exact) mass is 437 g/mol. The molecule has 0 atom stereocenters. The van der Waals surface area contributed by atoms with Crippen LogP contribution in [0.4, 0.5) is 26.0 Å². The first-order chi connectivity index (χ1) is 14.2. The van der Waals surface area contributed by atoms with Crippen molar-refractivity contribution in [2.75, 3.05) is 17.1 Å². The molecule has 1 heterocycles. The number of amides is 1. The first kappa shape index (κ1) is 21.0. The molecule has 3 aromatic rings. The predicted molar refractivity (Wildman–Crippen MR) is 107 cm³/mol. The van der Waals surface area contributed by atoms with Crippen molar-refractivity contribution >= 4 is 33.1 Å². The highest BCUT2D eigenvalue weighted by molar-refractivity contribution is 7.93. The third-order valence-corrected chi connectivity index (χ3v) is 5.00. The summed E-state index contributed by atoms with van der Waals surface area (Å²) in [6.07, 6.45) is 0. The van der Waals surface area contributed by atoms with Gasteiger partial charge in [0.1, 0.15) is 11.3 Å². The second kappa shape index (κ2) is 8.37. The minimum Gasteiger partial charge on any atom is -0.497 e. The Morgan fingerprint density at radius 3 is 2.47 bits per heavy atom. The van der Waals surface area contributed by atoms with Crippen LogP contribution < -0.4 is 20.5 Å². The molecule has 0 aliphatic heterocycles. The summed E-state index contributed by atoms with van der Waals surface area (Å²) in [6, 6.07) is 12.3. The van der Waals surface area contributed by atoms with Crippen molar-refractivity contribution in [3.05, 3.63) is 54.1 Å². The van der Waals surface area contributed by atoms with Crippen LogP contribution in [0.25, 0.3) is 11.3 Å². The number of methoxy groups -OCH3 is 1. The van der Waals surface area contributed by atoms with Crippen LogP contribution >= 0.6 is 0 Å². The number of alkyl halides is 2. The minimum absolute atomic E-state index is 0.0612. The van der Waals surface area contributed by atoms with Crippen LogP contribution in [0.15, 0.2) is 48.5 Å². The number of primary amides is 1. The van der Waals surface area contributed by atoms with Gasteiger partial charge in [0, 0.05) is 23.0 Å². The van der Waals surface area contributed by atoms with Gasteiger partial charge in [-0.05, 0) is 24.3 Å². The van der Waals surface area contributed by atoms with Gasteiger partial charge in [-0.3, -0.25) is 14.6 Å². The molecule has 1 aromatic heterocycles. The number of rotatable bonds is 8. The number of hydrogen-bond acceptors (Lipinski definition) is 6. The van der Waals surface area contributed by atoms with Crippen molar-refractivity contribution < 1.29 is 26.7 Å². The van der Waals surface area contributed by atoms with Gasteiger partial charge in [-0.2, -0.15) is 13.9 Å². The predicted octanol–water partition coefficient (Wildman–Crippen LogP) is 2.89. The zero-order valence-corrected chi connectivity index (χ0v) is 16.3. The van der Waals surface area contributed by atoms with E-state index in [1.165, 1.54) is 31.4 Å². The maximum atomic E-state index is 12.5. The normalized spacial score (nSPS) is 11.3. The van der Waals surface area contributed by atoms with Gasteiger partial charge >= 0.3 is 5.76 Å². The highest BCUT2D eigenvalue weighted by Crippen LogP contribution is 2.30. The summed E-state index contributed by atoms with van der Waals surface area (Å²) in [6.45, 7) is 0. The van der Waals surface area contributed by atoms with Crippen molar-refractivity contribution in [2.45, 2.75) is 5.76 Å². The van der Waals surface area contributed by atoms with Crippen LogP contribution in [0.5, 0.6) is 5.75 Å². The Hall–Kier alpha value is -3.67. The van der Waals surface area contributed by atoms with E-state index in [1.807, 2.05) is 0 Å². The lowest BCUT2D eigenvalue weighted by atomic mass is 10.1. The molecule has 12 heteroatoms. The Balaban J connectivity index is 1.90. The first-order valence-electron chi connectivity index (χ1n) is 8.40. The van der Waals surface area contributed by atoms with E-state index < -0.39 is 21.7 Å². The molecule has 3 rings (SSSR count).